The van der Waals surface area contributed by atoms with Gasteiger partial charge in [0.2, 0.25) is 5.91 Å². The fourth-order valence-electron chi connectivity index (χ4n) is 3.30. The lowest BCUT2D eigenvalue weighted by molar-refractivity contribution is -0.138. The summed E-state index contributed by atoms with van der Waals surface area (Å²) in [6.45, 7) is 2.14. The molecule has 1 aromatic carbocycles. The standard InChI is InChI=1S/C21H25N3O4S/c1-15(11-18-5-4-10-29-18)23(12-16-6-8-17(28-3)9-7-16)20(26)14-24-19(25)13-22(2)21(24)27/h4-10,15H,11-14H2,1-3H3/t15-/m1/s1. The van der Waals surface area contributed by atoms with Gasteiger partial charge < -0.3 is 14.5 Å². The molecule has 3 rings (SSSR count). The van der Waals surface area contributed by atoms with Gasteiger partial charge >= 0.3 is 6.03 Å². The molecule has 1 atom stereocenters. The Kier molecular flexibility index (Phi) is 6.53. The maximum atomic E-state index is 13.1. The molecule has 0 bridgehead atoms. The molecule has 0 aliphatic carbocycles. The Morgan fingerprint density at radius 3 is 2.52 bits per heavy atom. The van der Waals surface area contributed by atoms with E-state index in [0.717, 1.165) is 16.2 Å². The van der Waals surface area contributed by atoms with Crippen LogP contribution < -0.4 is 4.74 Å². The van der Waals surface area contributed by atoms with E-state index in [1.54, 1.807) is 30.4 Å². The Bertz CT molecular complexity index is 867. The molecule has 0 saturated carbocycles. The highest BCUT2D eigenvalue weighted by atomic mass is 32.1. The van der Waals surface area contributed by atoms with Crippen molar-refractivity contribution < 1.29 is 19.1 Å². The normalized spacial score (nSPS) is 15.0. The zero-order valence-electron chi connectivity index (χ0n) is 16.8. The van der Waals surface area contributed by atoms with Crippen molar-refractivity contribution in [3.05, 3.63) is 52.2 Å². The van der Waals surface area contributed by atoms with Crippen molar-refractivity contribution in [2.24, 2.45) is 0 Å². The van der Waals surface area contributed by atoms with Gasteiger partial charge in [-0.2, -0.15) is 0 Å². The number of methoxy groups -OCH3 is 1. The highest BCUT2D eigenvalue weighted by molar-refractivity contribution is 7.09. The molecular weight excluding hydrogens is 390 g/mol. The monoisotopic (exact) mass is 415 g/mol. The number of hydrogen-bond donors (Lipinski definition) is 0. The number of urea groups is 1. The van der Waals surface area contributed by atoms with Crippen LogP contribution in [0.4, 0.5) is 4.79 Å². The first-order valence-electron chi connectivity index (χ1n) is 9.39. The van der Waals surface area contributed by atoms with E-state index in [2.05, 4.69) is 0 Å². The number of amides is 4. The van der Waals surface area contributed by atoms with Gasteiger partial charge in [0.05, 0.1) is 7.11 Å². The Hall–Kier alpha value is -2.87. The fraction of sp³-hybridized carbons (Fsp3) is 0.381. The van der Waals surface area contributed by atoms with Crippen LogP contribution in [-0.2, 0) is 22.6 Å². The first-order chi connectivity index (χ1) is 13.9. The second kappa shape index (κ2) is 9.09. The largest absolute Gasteiger partial charge is 0.497 e. The van der Waals surface area contributed by atoms with Crippen molar-refractivity contribution in [3.8, 4) is 5.75 Å². The van der Waals surface area contributed by atoms with E-state index >= 15 is 0 Å². The summed E-state index contributed by atoms with van der Waals surface area (Å²) in [6, 6.07) is 11.0. The summed E-state index contributed by atoms with van der Waals surface area (Å²) >= 11 is 1.65. The number of imide groups is 1. The zero-order chi connectivity index (χ0) is 21.0. The molecule has 2 aromatic rings. The number of hydrogen-bond acceptors (Lipinski definition) is 5. The van der Waals surface area contributed by atoms with Crippen LogP contribution in [0.1, 0.15) is 17.4 Å². The van der Waals surface area contributed by atoms with Crippen molar-refractivity contribution in [2.45, 2.75) is 25.9 Å². The van der Waals surface area contributed by atoms with E-state index in [0.29, 0.717) is 13.0 Å². The number of carbonyl (C=O) groups is 3. The maximum absolute atomic E-state index is 13.1. The van der Waals surface area contributed by atoms with Crippen molar-refractivity contribution in [1.82, 2.24) is 14.7 Å². The number of thiophene rings is 1. The van der Waals surface area contributed by atoms with Gasteiger partial charge in [0.1, 0.15) is 18.8 Å². The number of benzene rings is 1. The SMILES string of the molecule is COc1ccc(CN(C(=O)CN2C(=O)CN(C)C2=O)[C@H](C)Cc2cccs2)cc1. The van der Waals surface area contributed by atoms with Gasteiger partial charge in [-0.15, -0.1) is 11.3 Å². The van der Waals surface area contributed by atoms with E-state index in [9.17, 15) is 14.4 Å². The number of nitrogens with zero attached hydrogens (tertiary/aromatic N) is 3. The summed E-state index contributed by atoms with van der Waals surface area (Å²) in [5.41, 5.74) is 0.952. The highest BCUT2D eigenvalue weighted by Gasteiger charge is 2.36. The lowest BCUT2D eigenvalue weighted by Gasteiger charge is -2.30. The molecule has 1 saturated heterocycles. The molecule has 29 heavy (non-hydrogen) atoms. The molecule has 8 heteroatoms. The van der Waals surface area contributed by atoms with Crippen LogP contribution in [0.3, 0.4) is 0 Å². The summed E-state index contributed by atoms with van der Waals surface area (Å²) < 4.78 is 5.20. The quantitative estimate of drug-likeness (QED) is 0.622. The maximum Gasteiger partial charge on any atom is 0.327 e. The van der Waals surface area contributed by atoms with Crippen LogP contribution in [0.25, 0.3) is 0 Å². The van der Waals surface area contributed by atoms with E-state index < -0.39 is 6.03 Å². The summed E-state index contributed by atoms with van der Waals surface area (Å²) in [4.78, 5) is 42.7. The van der Waals surface area contributed by atoms with Gasteiger partial charge in [0.25, 0.3) is 5.91 Å². The summed E-state index contributed by atoms with van der Waals surface area (Å²) in [5.74, 6) is 0.151. The first-order valence-corrected chi connectivity index (χ1v) is 10.3. The number of ether oxygens (including phenoxy) is 1. The molecule has 7 nitrogen and oxygen atoms in total. The first kappa shape index (κ1) is 20.9. The van der Waals surface area contributed by atoms with Gasteiger partial charge in [-0.25, -0.2) is 4.79 Å². The van der Waals surface area contributed by atoms with E-state index in [1.807, 2.05) is 48.7 Å². The molecule has 1 aliphatic heterocycles. The van der Waals surface area contributed by atoms with Crippen molar-refractivity contribution in [3.63, 3.8) is 0 Å². The van der Waals surface area contributed by atoms with Gasteiger partial charge in [0, 0.05) is 30.9 Å². The van der Waals surface area contributed by atoms with Crippen LogP contribution in [0.5, 0.6) is 5.75 Å². The van der Waals surface area contributed by atoms with Crippen molar-refractivity contribution in [1.29, 1.82) is 0 Å². The average molecular weight is 416 g/mol. The second-order valence-electron chi connectivity index (χ2n) is 7.12. The van der Waals surface area contributed by atoms with Gasteiger partial charge in [-0.3, -0.25) is 14.5 Å². The summed E-state index contributed by atoms with van der Waals surface area (Å²) in [7, 11) is 3.16. The third-order valence-corrected chi connectivity index (χ3v) is 5.86. The number of carbonyl (C=O) groups excluding carboxylic acids is 3. The fourth-order valence-corrected chi connectivity index (χ4v) is 4.12. The van der Waals surface area contributed by atoms with E-state index in [4.69, 9.17) is 4.74 Å². The minimum absolute atomic E-state index is 0.00927. The minimum Gasteiger partial charge on any atom is -0.497 e. The van der Waals surface area contributed by atoms with Crippen molar-refractivity contribution in [2.75, 3.05) is 27.2 Å². The molecule has 0 spiro atoms. The molecule has 2 heterocycles. The number of likely N-dealkylation sites (N-methyl/N-ethyl adjacent to an activating group) is 1. The zero-order valence-corrected chi connectivity index (χ0v) is 17.6. The summed E-state index contributed by atoms with van der Waals surface area (Å²) in [6.07, 6.45) is 0.710. The van der Waals surface area contributed by atoms with E-state index in [-0.39, 0.29) is 30.9 Å². The Balaban J connectivity index is 1.77. The molecule has 1 aromatic heterocycles. The van der Waals surface area contributed by atoms with Crippen LogP contribution in [0, 0.1) is 0 Å². The second-order valence-corrected chi connectivity index (χ2v) is 8.15. The molecule has 4 amide bonds. The van der Waals surface area contributed by atoms with Crippen LogP contribution >= 0.6 is 11.3 Å². The Morgan fingerprint density at radius 1 is 1.24 bits per heavy atom. The predicted octanol–water partition coefficient (Wildman–Crippen LogP) is 2.61. The Labute approximate surface area is 174 Å². The van der Waals surface area contributed by atoms with Gasteiger partial charge in [0.15, 0.2) is 0 Å². The van der Waals surface area contributed by atoms with Crippen LogP contribution in [0.2, 0.25) is 0 Å². The molecule has 0 unspecified atom stereocenters. The molecule has 1 aliphatic rings. The molecule has 1 fully saturated rings. The van der Waals surface area contributed by atoms with E-state index in [1.165, 1.54) is 9.78 Å². The average Bonchev–Trinajstić information content (AvgIpc) is 3.30. The van der Waals surface area contributed by atoms with Crippen LogP contribution in [-0.4, -0.2) is 65.8 Å². The molecule has 0 radical (unpaired) electrons. The topological polar surface area (TPSA) is 70.2 Å². The van der Waals surface area contributed by atoms with Crippen LogP contribution in [0.15, 0.2) is 41.8 Å². The third-order valence-electron chi connectivity index (χ3n) is 4.97. The summed E-state index contributed by atoms with van der Waals surface area (Å²) in [5, 5.41) is 2.01. The Morgan fingerprint density at radius 2 is 1.97 bits per heavy atom. The minimum atomic E-state index is -0.432. The smallest absolute Gasteiger partial charge is 0.327 e. The molecule has 154 valence electrons. The predicted molar refractivity (Wildman–Crippen MR) is 111 cm³/mol. The lowest BCUT2D eigenvalue weighted by Crippen LogP contribution is -2.46. The van der Waals surface area contributed by atoms with Crippen molar-refractivity contribution >= 4 is 29.2 Å². The van der Waals surface area contributed by atoms with Gasteiger partial charge in [-0.05, 0) is 36.1 Å². The highest BCUT2D eigenvalue weighted by Crippen LogP contribution is 2.19. The molecule has 0 N–H and O–H groups in total. The number of rotatable bonds is 8. The third kappa shape index (κ3) is 4.95. The lowest BCUT2D eigenvalue weighted by atomic mass is 10.1. The molecular formula is C21H25N3O4S. The van der Waals surface area contributed by atoms with Gasteiger partial charge in [-0.1, -0.05) is 18.2 Å².